The Morgan fingerprint density at radius 3 is 2.68 bits per heavy atom. The predicted octanol–water partition coefficient (Wildman–Crippen LogP) is 2.64. The highest BCUT2D eigenvalue weighted by Crippen LogP contribution is 2.32. The largest absolute Gasteiger partial charge is 0.477 e. The van der Waals surface area contributed by atoms with Crippen LogP contribution >= 0.6 is 11.6 Å². The van der Waals surface area contributed by atoms with E-state index >= 15 is 0 Å². The summed E-state index contributed by atoms with van der Waals surface area (Å²) in [5, 5.41) is 9.56. The zero-order valence-electron chi connectivity index (χ0n) is 11.4. The number of aromatic nitrogens is 1. The molecule has 0 bridgehead atoms. The second-order valence-corrected chi connectivity index (χ2v) is 5.73. The maximum atomic E-state index is 12.3. The molecule has 2 aromatic rings. The molecule has 3 rings (SSSR count). The number of benzene rings is 1. The maximum Gasteiger partial charge on any atom is 0.341 e. The Balaban J connectivity index is 2.03. The van der Waals surface area contributed by atoms with Crippen molar-refractivity contribution in [3.8, 4) is 0 Å². The fourth-order valence-electron chi connectivity index (χ4n) is 2.79. The number of nitrogens with one attached hydrogen (secondary N) is 1. The van der Waals surface area contributed by atoms with Gasteiger partial charge < -0.3 is 10.1 Å². The van der Waals surface area contributed by atoms with Gasteiger partial charge in [-0.2, -0.15) is 0 Å². The van der Waals surface area contributed by atoms with Gasteiger partial charge in [-0.1, -0.05) is 23.7 Å². The van der Waals surface area contributed by atoms with Crippen LogP contribution < -0.4 is 5.56 Å². The molecular weight excluding hydrogens is 306 g/mol. The molecule has 22 heavy (non-hydrogen) atoms. The molecule has 1 aliphatic rings. The lowest BCUT2D eigenvalue weighted by Crippen LogP contribution is -2.27. The number of fused-ring (bicyclic) bond motifs is 1. The monoisotopic (exact) mass is 317 g/mol. The average Bonchev–Trinajstić information content (AvgIpc) is 2.46. The summed E-state index contributed by atoms with van der Waals surface area (Å²) in [5.41, 5.74) is 0.597. The second kappa shape index (κ2) is 5.42. The number of H-pyrrole nitrogens is 1. The maximum absolute atomic E-state index is 12.3. The van der Waals surface area contributed by atoms with Gasteiger partial charge >= 0.3 is 5.97 Å². The van der Waals surface area contributed by atoms with Crippen LogP contribution in [0.25, 0.3) is 0 Å². The quantitative estimate of drug-likeness (QED) is 0.891. The number of carbonyl (C=O) groups is 2. The van der Waals surface area contributed by atoms with Crippen molar-refractivity contribution in [2.75, 3.05) is 0 Å². The van der Waals surface area contributed by atoms with Crippen LogP contribution in [0.4, 0.5) is 0 Å². The van der Waals surface area contributed by atoms with Crippen LogP contribution in [0, 0.1) is 0 Å². The zero-order chi connectivity index (χ0) is 15.9. The molecule has 1 heterocycles. The summed E-state index contributed by atoms with van der Waals surface area (Å²) in [5.74, 6) is -1.59. The highest BCUT2D eigenvalue weighted by Gasteiger charge is 2.28. The van der Waals surface area contributed by atoms with Crippen LogP contribution in [-0.2, 0) is 6.42 Å². The van der Waals surface area contributed by atoms with E-state index in [9.17, 15) is 14.4 Å². The molecule has 112 valence electrons. The van der Waals surface area contributed by atoms with Crippen LogP contribution in [0.5, 0.6) is 0 Å². The fraction of sp³-hybridized carbons (Fsp3) is 0.188. The van der Waals surface area contributed by atoms with Crippen molar-refractivity contribution < 1.29 is 14.7 Å². The molecule has 0 radical (unpaired) electrons. The molecule has 5 nitrogen and oxygen atoms in total. The van der Waals surface area contributed by atoms with Gasteiger partial charge in [-0.15, -0.1) is 0 Å². The number of halogens is 1. The number of carbonyl (C=O) groups excluding carboxylic acids is 1. The third-order valence-corrected chi connectivity index (χ3v) is 4.09. The van der Waals surface area contributed by atoms with E-state index in [0.29, 0.717) is 17.1 Å². The molecule has 0 saturated heterocycles. The second-order valence-electron chi connectivity index (χ2n) is 5.29. The van der Waals surface area contributed by atoms with Crippen LogP contribution in [0.15, 0.2) is 35.1 Å². The number of aromatic carboxylic acids is 1. The Morgan fingerprint density at radius 1 is 1.23 bits per heavy atom. The van der Waals surface area contributed by atoms with Crippen LogP contribution in [-0.4, -0.2) is 21.8 Å². The Bertz CT molecular complexity index is 840. The molecular formula is C16H12ClNO4. The summed E-state index contributed by atoms with van der Waals surface area (Å²) in [7, 11) is 0. The van der Waals surface area contributed by atoms with Gasteiger partial charge in [0.05, 0.1) is 0 Å². The number of ketones is 1. The summed E-state index contributed by atoms with van der Waals surface area (Å²) >= 11 is 5.97. The first-order valence-corrected chi connectivity index (χ1v) is 7.11. The Morgan fingerprint density at radius 2 is 2.00 bits per heavy atom. The third kappa shape index (κ3) is 2.55. The van der Waals surface area contributed by atoms with E-state index < -0.39 is 17.1 Å². The molecule has 0 aliphatic heterocycles. The van der Waals surface area contributed by atoms with Crippen molar-refractivity contribution >= 4 is 23.4 Å². The van der Waals surface area contributed by atoms with Crippen LogP contribution in [0.2, 0.25) is 5.02 Å². The van der Waals surface area contributed by atoms with Gasteiger partial charge in [0.15, 0.2) is 5.78 Å². The number of rotatable bonds is 2. The van der Waals surface area contributed by atoms with Crippen molar-refractivity contribution in [1.82, 2.24) is 4.98 Å². The first kappa shape index (κ1) is 14.5. The molecule has 2 N–H and O–H groups in total. The van der Waals surface area contributed by atoms with Gasteiger partial charge in [-0.05, 0) is 36.1 Å². The number of carboxylic acid groups (broad SMARTS) is 1. The highest BCUT2D eigenvalue weighted by molar-refractivity contribution is 6.30. The number of carboxylic acids is 1. The first-order valence-electron chi connectivity index (χ1n) is 6.74. The van der Waals surface area contributed by atoms with E-state index in [0.717, 1.165) is 5.56 Å². The smallest absolute Gasteiger partial charge is 0.341 e. The molecule has 0 spiro atoms. The lowest BCUT2D eigenvalue weighted by Gasteiger charge is -2.24. The molecule has 0 saturated carbocycles. The van der Waals surface area contributed by atoms with Gasteiger partial charge in [-0.3, -0.25) is 9.59 Å². The number of Topliss-reactive ketones (excluding diaryl/α,β-unsaturated/α-hetero) is 1. The lowest BCUT2D eigenvalue weighted by atomic mass is 9.81. The van der Waals surface area contributed by atoms with E-state index in [1.54, 1.807) is 12.1 Å². The average molecular weight is 318 g/mol. The minimum absolute atomic E-state index is 0.0787. The van der Waals surface area contributed by atoms with E-state index in [2.05, 4.69) is 4.98 Å². The van der Waals surface area contributed by atoms with E-state index in [1.807, 2.05) is 12.1 Å². The van der Waals surface area contributed by atoms with Crippen molar-refractivity contribution in [3.63, 3.8) is 0 Å². The van der Waals surface area contributed by atoms with Gasteiger partial charge in [0, 0.05) is 22.7 Å². The van der Waals surface area contributed by atoms with Crippen molar-refractivity contribution in [3.05, 3.63) is 68.1 Å². The van der Waals surface area contributed by atoms with Gasteiger partial charge in [0.1, 0.15) is 5.56 Å². The Labute approximate surface area is 130 Å². The van der Waals surface area contributed by atoms with Gasteiger partial charge in [0.25, 0.3) is 5.56 Å². The molecule has 1 aromatic heterocycles. The van der Waals surface area contributed by atoms with E-state index in [-0.39, 0.29) is 23.7 Å². The van der Waals surface area contributed by atoms with Gasteiger partial charge in [-0.25, -0.2) is 4.79 Å². The molecule has 0 fully saturated rings. The van der Waals surface area contributed by atoms with E-state index in [1.165, 1.54) is 6.07 Å². The summed E-state index contributed by atoms with van der Waals surface area (Å²) in [6, 6.07) is 8.43. The topological polar surface area (TPSA) is 87.2 Å². The Kier molecular flexibility index (Phi) is 3.58. The van der Waals surface area contributed by atoms with E-state index in [4.69, 9.17) is 16.7 Å². The number of aromatic amines is 1. The predicted molar refractivity (Wildman–Crippen MR) is 80.9 cm³/mol. The number of hydrogen-bond donors (Lipinski definition) is 2. The summed E-state index contributed by atoms with van der Waals surface area (Å²) in [6.07, 6.45) is 0.731. The number of hydrogen-bond acceptors (Lipinski definition) is 3. The first-order chi connectivity index (χ1) is 10.5. The minimum atomic E-state index is -1.34. The van der Waals surface area contributed by atoms with Crippen molar-refractivity contribution in [1.29, 1.82) is 0 Å². The van der Waals surface area contributed by atoms with Gasteiger partial charge in [0.2, 0.25) is 0 Å². The summed E-state index contributed by atoms with van der Waals surface area (Å²) in [6.45, 7) is 0. The minimum Gasteiger partial charge on any atom is -0.477 e. The molecule has 0 unspecified atom stereocenters. The Hall–Kier alpha value is -2.40. The molecule has 1 atom stereocenters. The summed E-state index contributed by atoms with van der Waals surface area (Å²) in [4.78, 5) is 37.6. The number of pyridine rings is 1. The summed E-state index contributed by atoms with van der Waals surface area (Å²) < 4.78 is 0. The lowest BCUT2D eigenvalue weighted by molar-refractivity contribution is 0.0695. The third-order valence-electron chi connectivity index (χ3n) is 3.86. The molecule has 0 amide bonds. The van der Waals surface area contributed by atoms with Crippen LogP contribution in [0.3, 0.4) is 0 Å². The standard InChI is InChI=1S/C16H12ClNO4/c17-10-3-1-2-8(4-10)9-5-13-11(14(19)6-9)7-12(16(21)22)15(20)18-13/h1-4,7,9H,5-6H2,(H,18,20)(H,21,22)/t9-/m1/s1. The fourth-order valence-corrected chi connectivity index (χ4v) is 2.98. The highest BCUT2D eigenvalue weighted by atomic mass is 35.5. The molecule has 1 aromatic carbocycles. The molecule has 1 aliphatic carbocycles. The zero-order valence-corrected chi connectivity index (χ0v) is 12.2. The van der Waals surface area contributed by atoms with Crippen LogP contribution in [0.1, 0.15) is 44.3 Å². The normalized spacial score (nSPS) is 17.1. The van der Waals surface area contributed by atoms with Crippen molar-refractivity contribution in [2.24, 2.45) is 0 Å². The van der Waals surface area contributed by atoms with Crippen molar-refractivity contribution in [2.45, 2.75) is 18.8 Å². The molecule has 6 heteroatoms. The SMILES string of the molecule is O=C1C[C@H](c2cccc(Cl)c2)Cc2[nH]c(=O)c(C(=O)O)cc21.